The second kappa shape index (κ2) is 8.46. The minimum absolute atomic E-state index is 0.138. The zero-order valence-corrected chi connectivity index (χ0v) is 18.2. The third-order valence-corrected chi connectivity index (χ3v) is 7.80. The summed E-state index contributed by atoms with van der Waals surface area (Å²) in [6, 6.07) is 10.6. The standard InChI is InChI=1S/C23H26O5P/c1-15-9-7-10-16(2)19(15)21(24)23(13-5-6-14-23)29(26)22(25)20-17(27-3)11-8-12-18(20)28-4/h7-12H,5-6,13-14H2,1-4H3. The third kappa shape index (κ3) is 3.60. The van der Waals surface area contributed by atoms with Crippen molar-refractivity contribution in [1.82, 2.24) is 0 Å². The molecule has 0 N–H and O–H groups in total. The van der Waals surface area contributed by atoms with E-state index in [9.17, 15) is 14.2 Å². The lowest BCUT2D eigenvalue weighted by Gasteiger charge is -2.27. The maximum Gasteiger partial charge on any atom is 0.250 e. The van der Waals surface area contributed by atoms with Gasteiger partial charge in [0.2, 0.25) is 5.52 Å². The summed E-state index contributed by atoms with van der Waals surface area (Å²) >= 11 is 0. The Balaban J connectivity index is 2.10. The first kappa shape index (κ1) is 21.2. The Morgan fingerprint density at radius 2 is 1.34 bits per heavy atom. The van der Waals surface area contributed by atoms with E-state index < -0.39 is 18.5 Å². The quantitative estimate of drug-likeness (QED) is 0.444. The highest BCUT2D eigenvalue weighted by atomic mass is 31.1. The summed E-state index contributed by atoms with van der Waals surface area (Å²) in [6.07, 6.45) is 2.43. The average molecular weight is 413 g/mol. The molecule has 0 heterocycles. The molecule has 5 nitrogen and oxygen atoms in total. The highest BCUT2D eigenvalue weighted by Gasteiger charge is 2.51. The molecule has 1 fully saturated rings. The molecular formula is C23H26O5P. The van der Waals surface area contributed by atoms with E-state index in [4.69, 9.17) is 9.47 Å². The summed E-state index contributed by atoms with van der Waals surface area (Å²) in [5.74, 6) is 0.407. The van der Waals surface area contributed by atoms with Gasteiger partial charge in [0, 0.05) is 5.56 Å². The molecule has 1 unspecified atom stereocenters. The van der Waals surface area contributed by atoms with Crippen LogP contribution in [0.1, 0.15) is 57.5 Å². The Morgan fingerprint density at radius 3 is 1.83 bits per heavy atom. The number of ketones is 1. The first-order chi connectivity index (χ1) is 13.9. The molecule has 1 atom stereocenters. The van der Waals surface area contributed by atoms with Crippen molar-refractivity contribution in [2.24, 2.45) is 0 Å². The fraction of sp³-hybridized carbons (Fsp3) is 0.391. The van der Waals surface area contributed by atoms with Gasteiger partial charge in [-0.05, 0) is 49.9 Å². The summed E-state index contributed by atoms with van der Waals surface area (Å²) in [6.45, 7) is 3.75. The van der Waals surface area contributed by atoms with E-state index >= 15 is 0 Å². The Morgan fingerprint density at radius 1 is 0.862 bits per heavy atom. The van der Waals surface area contributed by atoms with Crippen LogP contribution in [0.5, 0.6) is 11.5 Å². The fourth-order valence-electron chi connectivity index (χ4n) is 4.25. The van der Waals surface area contributed by atoms with Gasteiger partial charge in [0.25, 0.3) is 0 Å². The molecule has 1 saturated carbocycles. The van der Waals surface area contributed by atoms with Crippen LogP contribution in [-0.4, -0.2) is 30.7 Å². The zero-order chi connectivity index (χ0) is 21.2. The molecule has 0 amide bonds. The number of aryl methyl sites for hydroxylation is 2. The Labute approximate surface area is 172 Å². The SMILES string of the molecule is COc1cccc(OC)c1C(=O)[P](=O)C1(C(=O)c2c(C)cccc2C)CCCC1. The van der Waals surface area contributed by atoms with Crippen LogP contribution in [0.25, 0.3) is 0 Å². The number of carbonyl (C=O) groups excluding carboxylic acids is 2. The topological polar surface area (TPSA) is 69.7 Å². The van der Waals surface area contributed by atoms with Gasteiger partial charge in [-0.15, -0.1) is 0 Å². The zero-order valence-electron chi connectivity index (χ0n) is 17.3. The number of hydrogen-bond donors (Lipinski definition) is 0. The molecule has 29 heavy (non-hydrogen) atoms. The Bertz CT molecular complexity index is 931. The minimum atomic E-state index is -2.53. The monoisotopic (exact) mass is 413 g/mol. The summed E-state index contributed by atoms with van der Waals surface area (Å²) < 4.78 is 24.4. The van der Waals surface area contributed by atoms with Crippen molar-refractivity contribution >= 4 is 19.1 Å². The normalized spacial score (nSPS) is 15.7. The van der Waals surface area contributed by atoms with Crippen molar-refractivity contribution in [2.45, 2.75) is 44.7 Å². The smallest absolute Gasteiger partial charge is 0.250 e. The van der Waals surface area contributed by atoms with E-state index in [1.807, 2.05) is 32.0 Å². The lowest BCUT2D eigenvalue weighted by Crippen LogP contribution is -2.34. The van der Waals surface area contributed by atoms with E-state index in [2.05, 4.69) is 0 Å². The molecule has 0 bridgehead atoms. The second-order valence-electron chi connectivity index (χ2n) is 7.47. The predicted octanol–water partition coefficient (Wildman–Crippen LogP) is 5.48. The van der Waals surface area contributed by atoms with Gasteiger partial charge in [0.15, 0.2) is 13.6 Å². The number of carbonyl (C=O) groups is 2. The number of hydrogen-bond acceptors (Lipinski definition) is 5. The van der Waals surface area contributed by atoms with Crippen molar-refractivity contribution in [2.75, 3.05) is 14.2 Å². The van der Waals surface area contributed by atoms with E-state index in [0.717, 1.165) is 24.0 Å². The van der Waals surface area contributed by atoms with Crippen molar-refractivity contribution in [1.29, 1.82) is 0 Å². The number of rotatable bonds is 7. The van der Waals surface area contributed by atoms with Crippen molar-refractivity contribution in [3.05, 3.63) is 58.7 Å². The van der Waals surface area contributed by atoms with Crippen LogP contribution in [0.2, 0.25) is 0 Å². The van der Waals surface area contributed by atoms with Crippen LogP contribution in [0, 0.1) is 13.8 Å². The molecular weight excluding hydrogens is 387 g/mol. The van der Waals surface area contributed by atoms with Crippen LogP contribution in [0.3, 0.4) is 0 Å². The van der Waals surface area contributed by atoms with Gasteiger partial charge in [-0.2, -0.15) is 0 Å². The number of benzene rings is 2. The maximum absolute atomic E-state index is 13.7. The van der Waals surface area contributed by atoms with Gasteiger partial charge in [0.1, 0.15) is 22.2 Å². The van der Waals surface area contributed by atoms with Crippen LogP contribution in [0.15, 0.2) is 36.4 Å². The van der Waals surface area contributed by atoms with Gasteiger partial charge < -0.3 is 9.47 Å². The lowest BCUT2D eigenvalue weighted by molar-refractivity contribution is 0.0929. The van der Waals surface area contributed by atoms with Gasteiger partial charge >= 0.3 is 0 Å². The molecule has 6 heteroatoms. The Hall–Kier alpha value is -2.52. The minimum Gasteiger partial charge on any atom is -0.496 e. The van der Waals surface area contributed by atoms with E-state index in [1.54, 1.807) is 18.2 Å². The first-order valence-corrected chi connectivity index (χ1v) is 11.0. The van der Waals surface area contributed by atoms with E-state index in [1.165, 1.54) is 14.2 Å². The molecule has 2 aromatic carbocycles. The number of methoxy groups -OCH3 is 2. The van der Waals surface area contributed by atoms with Gasteiger partial charge in [-0.1, -0.05) is 37.1 Å². The van der Waals surface area contributed by atoms with Crippen molar-refractivity contribution in [3.8, 4) is 11.5 Å². The first-order valence-electron chi connectivity index (χ1n) is 9.71. The highest BCUT2D eigenvalue weighted by Crippen LogP contribution is 2.55. The molecule has 2 aromatic rings. The maximum atomic E-state index is 13.7. The van der Waals surface area contributed by atoms with Crippen LogP contribution >= 0.6 is 7.80 Å². The third-order valence-electron chi connectivity index (χ3n) is 5.78. The van der Waals surface area contributed by atoms with Crippen molar-refractivity contribution < 1.29 is 23.6 Å². The van der Waals surface area contributed by atoms with Gasteiger partial charge in [-0.3, -0.25) is 14.2 Å². The molecule has 0 aliphatic heterocycles. The largest absolute Gasteiger partial charge is 0.496 e. The van der Waals surface area contributed by atoms with E-state index in [0.29, 0.717) is 29.9 Å². The van der Waals surface area contributed by atoms with Crippen LogP contribution in [0.4, 0.5) is 0 Å². The second-order valence-corrected chi connectivity index (χ2v) is 9.32. The average Bonchev–Trinajstić information content (AvgIpc) is 3.22. The molecule has 0 aromatic heterocycles. The summed E-state index contributed by atoms with van der Waals surface area (Å²) in [7, 11) is 0.367. The number of ether oxygens (including phenoxy) is 2. The lowest BCUT2D eigenvalue weighted by atomic mass is 9.89. The summed E-state index contributed by atoms with van der Waals surface area (Å²) in [5, 5.41) is -1.19. The molecule has 0 spiro atoms. The molecule has 1 aliphatic rings. The molecule has 1 aliphatic carbocycles. The van der Waals surface area contributed by atoms with Gasteiger partial charge in [0.05, 0.1) is 14.2 Å². The fourth-order valence-corrected chi connectivity index (χ4v) is 6.08. The number of Topliss-reactive ketones (excluding diaryl/α,β-unsaturated/α-hetero) is 1. The van der Waals surface area contributed by atoms with Gasteiger partial charge in [-0.25, -0.2) is 0 Å². The molecule has 1 radical (unpaired) electrons. The van der Waals surface area contributed by atoms with E-state index in [-0.39, 0.29) is 11.3 Å². The van der Waals surface area contributed by atoms with Crippen molar-refractivity contribution in [3.63, 3.8) is 0 Å². The molecule has 0 saturated heterocycles. The predicted molar refractivity (Wildman–Crippen MR) is 113 cm³/mol. The molecule has 153 valence electrons. The summed E-state index contributed by atoms with van der Waals surface area (Å²) in [4.78, 5) is 27.1. The highest BCUT2D eigenvalue weighted by molar-refractivity contribution is 7.67. The van der Waals surface area contributed by atoms with Crippen LogP contribution < -0.4 is 9.47 Å². The summed E-state index contributed by atoms with van der Waals surface area (Å²) in [5.41, 5.74) is 1.81. The Kier molecular flexibility index (Phi) is 6.18. The van der Waals surface area contributed by atoms with Crippen LogP contribution in [-0.2, 0) is 4.57 Å². The molecule has 3 rings (SSSR count).